The third kappa shape index (κ3) is 17.2. The van der Waals surface area contributed by atoms with Gasteiger partial charge in [-0.05, 0) is 0 Å². The van der Waals surface area contributed by atoms with Crippen molar-refractivity contribution in [3.05, 3.63) is 0 Å². The lowest BCUT2D eigenvalue weighted by atomic mass is 10.1. The lowest BCUT2D eigenvalue weighted by Gasteiger charge is -2.04. The SMILES string of the molecule is CCCCCCCCCCCC.O=C(O)CC(C(=O)O)S(=O)(=O)O. The molecule has 0 aliphatic heterocycles. The van der Waals surface area contributed by atoms with Gasteiger partial charge in [0, 0.05) is 0 Å². The molecule has 1 unspecified atom stereocenters. The number of hydrogen-bond donors (Lipinski definition) is 3. The van der Waals surface area contributed by atoms with Crippen LogP contribution in [0, 0.1) is 0 Å². The van der Waals surface area contributed by atoms with Crippen LogP contribution in [0.1, 0.15) is 84.5 Å². The topological polar surface area (TPSA) is 129 Å². The molecule has 1 atom stereocenters. The van der Waals surface area contributed by atoms with Gasteiger partial charge >= 0.3 is 11.9 Å². The summed E-state index contributed by atoms with van der Waals surface area (Å²) in [5, 5.41) is 13.9. The van der Waals surface area contributed by atoms with Gasteiger partial charge in [0.15, 0.2) is 5.25 Å². The number of rotatable bonds is 13. The molecular weight excluding hydrogens is 336 g/mol. The summed E-state index contributed by atoms with van der Waals surface area (Å²) in [7, 11) is -4.84. The van der Waals surface area contributed by atoms with E-state index in [9.17, 15) is 18.0 Å². The summed E-state index contributed by atoms with van der Waals surface area (Å²) in [4.78, 5) is 20.0. The average molecular weight is 368 g/mol. The molecule has 0 saturated carbocycles. The highest BCUT2D eigenvalue weighted by Crippen LogP contribution is 2.10. The maximum absolute atomic E-state index is 10.2. The largest absolute Gasteiger partial charge is 0.481 e. The normalized spacial score (nSPS) is 12.1. The minimum Gasteiger partial charge on any atom is -0.481 e. The van der Waals surface area contributed by atoms with E-state index in [0.717, 1.165) is 0 Å². The molecule has 0 spiro atoms. The predicted molar refractivity (Wildman–Crippen MR) is 92.7 cm³/mol. The molecule has 0 saturated heterocycles. The average Bonchev–Trinajstić information content (AvgIpc) is 2.47. The second-order valence-corrected chi connectivity index (χ2v) is 7.37. The summed E-state index contributed by atoms with van der Waals surface area (Å²) in [5.41, 5.74) is 0. The Morgan fingerprint density at radius 2 is 1.12 bits per heavy atom. The minimum absolute atomic E-state index is 1.16. The molecule has 0 rings (SSSR count). The Morgan fingerprint density at radius 1 is 0.792 bits per heavy atom. The van der Waals surface area contributed by atoms with E-state index in [1.54, 1.807) is 0 Å². The van der Waals surface area contributed by atoms with Crippen molar-refractivity contribution in [1.82, 2.24) is 0 Å². The van der Waals surface area contributed by atoms with Gasteiger partial charge in [0.2, 0.25) is 0 Å². The molecule has 0 aliphatic carbocycles. The van der Waals surface area contributed by atoms with Crippen LogP contribution in [0.3, 0.4) is 0 Å². The summed E-state index contributed by atoms with van der Waals surface area (Å²) in [6.07, 6.45) is 13.3. The first-order valence-electron chi connectivity index (χ1n) is 8.57. The molecule has 0 aromatic carbocycles. The zero-order valence-corrected chi connectivity index (χ0v) is 15.6. The van der Waals surface area contributed by atoms with Crippen LogP contribution in [-0.2, 0) is 19.7 Å². The molecular formula is C16H32O7S. The Bertz CT molecular complexity index is 422. The van der Waals surface area contributed by atoms with Gasteiger partial charge in [-0.3, -0.25) is 14.1 Å². The number of unbranched alkanes of at least 4 members (excludes halogenated alkanes) is 9. The fourth-order valence-corrected chi connectivity index (χ4v) is 2.65. The van der Waals surface area contributed by atoms with E-state index in [4.69, 9.17) is 14.8 Å². The van der Waals surface area contributed by atoms with Crippen LogP contribution >= 0.6 is 0 Å². The molecule has 8 heteroatoms. The second kappa shape index (κ2) is 15.4. The van der Waals surface area contributed by atoms with Crippen molar-refractivity contribution >= 4 is 22.1 Å². The Hall–Kier alpha value is -1.15. The van der Waals surface area contributed by atoms with Gasteiger partial charge in [0.05, 0.1) is 6.42 Å². The van der Waals surface area contributed by atoms with Crippen molar-refractivity contribution in [1.29, 1.82) is 0 Å². The summed E-state index contributed by atoms with van der Waals surface area (Å²) >= 11 is 0. The molecule has 0 aliphatic rings. The first kappa shape index (κ1) is 25.1. The van der Waals surface area contributed by atoms with Crippen molar-refractivity contribution in [2.75, 3.05) is 0 Å². The van der Waals surface area contributed by atoms with E-state index in [2.05, 4.69) is 13.8 Å². The van der Waals surface area contributed by atoms with Gasteiger partial charge in [-0.25, -0.2) is 0 Å². The smallest absolute Gasteiger partial charge is 0.325 e. The highest BCUT2D eigenvalue weighted by atomic mass is 32.2. The third-order valence-electron chi connectivity index (χ3n) is 3.45. The lowest BCUT2D eigenvalue weighted by Crippen LogP contribution is -2.31. The molecule has 0 bridgehead atoms. The number of aliphatic carboxylic acids is 2. The fraction of sp³-hybridized carbons (Fsp3) is 0.875. The molecule has 144 valence electrons. The van der Waals surface area contributed by atoms with E-state index in [1.165, 1.54) is 64.2 Å². The molecule has 7 nitrogen and oxygen atoms in total. The Kier molecular flexibility index (Phi) is 16.1. The molecule has 0 aromatic rings. The van der Waals surface area contributed by atoms with Crippen LogP contribution in [-0.4, -0.2) is 40.4 Å². The minimum atomic E-state index is -4.84. The van der Waals surface area contributed by atoms with E-state index >= 15 is 0 Å². The Labute approximate surface area is 145 Å². The van der Waals surface area contributed by atoms with Gasteiger partial charge in [0.1, 0.15) is 0 Å². The summed E-state index contributed by atoms with van der Waals surface area (Å²) < 4.78 is 28.7. The Morgan fingerprint density at radius 3 is 1.29 bits per heavy atom. The predicted octanol–water partition coefficient (Wildman–Crippen LogP) is 3.73. The monoisotopic (exact) mass is 368 g/mol. The number of hydrogen-bond acceptors (Lipinski definition) is 4. The molecule has 0 radical (unpaired) electrons. The van der Waals surface area contributed by atoms with Crippen LogP contribution in [0.15, 0.2) is 0 Å². The van der Waals surface area contributed by atoms with Crippen molar-refractivity contribution in [2.45, 2.75) is 89.7 Å². The number of carboxylic acids is 2. The molecule has 3 N–H and O–H groups in total. The quantitative estimate of drug-likeness (QED) is 0.333. The molecule has 0 heterocycles. The van der Waals surface area contributed by atoms with Crippen LogP contribution < -0.4 is 0 Å². The maximum Gasteiger partial charge on any atom is 0.325 e. The first-order chi connectivity index (χ1) is 11.2. The van der Waals surface area contributed by atoms with Crippen molar-refractivity contribution in [3.63, 3.8) is 0 Å². The molecule has 24 heavy (non-hydrogen) atoms. The fourth-order valence-electron chi connectivity index (χ4n) is 2.04. The standard InChI is InChI=1S/C12H26.C4H6O7S/c1-3-5-7-9-11-12-10-8-6-4-2;5-3(6)1-2(4(7)8)12(9,10)11/h3-12H2,1-2H3;2H,1H2,(H,5,6)(H,7,8)(H,9,10,11). The van der Waals surface area contributed by atoms with Crippen LogP contribution in [0.2, 0.25) is 0 Å². The van der Waals surface area contributed by atoms with Crippen molar-refractivity contribution in [2.24, 2.45) is 0 Å². The van der Waals surface area contributed by atoms with Gasteiger partial charge in [-0.2, -0.15) is 8.42 Å². The Balaban J connectivity index is 0. The van der Waals surface area contributed by atoms with Crippen molar-refractivity contribution in [3.8, 4) is 0 Å². The molecule has 0 aromatic heterocycles. The van der Waals surface area contributed by atoms with Crippen molar-refractivity contribution < 1.29 is 32.8 Å². The summed E-state index contributed by atoms with van der Waals surface area (Å²) in [5.74, 6) is -3.50. The van der Waals surface area contributed by atoms with Gasteiger partial charge in [-0.1, -0.05) is 78.1 Å². The van der Waals surface area contributed by atoms with Crippen LogP contribution in [0.25, 0.3) is 0 Å². The number of carboxylic acid groups (broad SMARTS) is 2. The van der Waals surface area contributed by atoms with Gasteiger partial charge in [-0.15, -0.1) is 0 Å². The highest BCUT2D eigenvalue weighted by molar-refractivity contribution is 7.87. The molecule has 0 amide bonds. The van der Waals surface area contributed by atoms with E-state index < -0.39 is 33.7 Å². The third-order valence-corrected chi connectivity index (χ3v) is 4.54. The zero-order valence-electron chi connectivity index (χ0n) is 14.7. The molecule has 0 fully saturated rings. The van der Waals surface area contributed by atoms with Crippen LogP contribution in [0.5, 0.6) is 0 Å². The first-order valence-corrected chi connectivity index (χ1v) is 10.1. The van der Waals surface area contributed by atoms with Gasteiger partial charge < -0.3 is 10.2 Å². The van der Waals surface area contributed by atoms with Crippen LogP contribution in [0.4, 0.5) is 0 Å². The maximum atomic E-state index is 10.2. The number of carbonyl (C=O) groups is 2. The highest BCUT2D eigenvalue weighted by Gasteiger charge is 2.33. The van der Waals surface area contributed by atoms with E-state index in [-0.39, 0.29) is 0 Å². The second-order valence-electron chi connectivity index (χ2n) is 5.77. The summed E-state index contributed by atoms with van der Waals surface area (Å²) in [6, 6.07) is 0. The lowest BCUT2D eigenvalue weighted by molar-refractivity contribution is -0.143. The zero-order chi connectivity index (χ0) is 19.0. The van der Waals surface area contributed by atoms with E-state index in [0.29, 0.717) is 0 Å². The van der Waals surface area contributed by atoms with E-state index in [1.807, 2.05) is 0 Å². The summed E-state index contributed by atoms with van der Waals surface area (Å²) in [6.45, 7) is 4.56. The van der Waals surface area contributed by atoms with Gasteiger partial charge in [0.25, 0.3) is 10.1 Å².